The van der Waals surface area contributed by atoms with Crippen molar-refractivity contribution in [2.45, 2.75) is 19.2 Å². The van der Waals surface area contributed by atoms with Crippen LogP contribution in [0.1, 0.15) is 28.3 Å². The van der Waals surface area contributed by atoms with Gasteiger partial charge >= 0.3 is 0 Å². The van der Waals surface area contributed by atoms with Crippen LogP contribution in [0.4, 0.5) is 4.39 Å². The van der Waals surface area contributed by atoms with E-state index in [1.807, 2.05) is 30.3 Å². The molecule has 1 aromatic heterocycles. The molecule has 1 unspecified atom stereocenters. The fourth-order valence-electron chi connectivity index (χ4n) is 2.71. The second-order valence-corrected chi connectivity index (χ2v) is 5.59. The summed E-state index contributed by atoms with van der Waals surface area (Å²) in [5.74, 6) is -0.380. The van der Waals surface area contributed by atoms with Gasteiger partial charge in [0.15, 0.2) is 0 Å². The normalized spacial score (nSPS) is 12.1. The van der Waals surface area contributed by atoms with Crippen LogP contribution < -0.4 is 5.32 Å². The smallest absolute Gasteiger partial charge is 0.128 e. The van der Waals surface area contributed by atoms with Crippen molar-refractivity contribution in [2.75, 3.05) is 0 Å². The Balaban J connectivity index is 1.83. The van der Waals surface area contributed by atoms with Crippen LogP contribution in [0.15, 0.2) is 73.1 Å². The molecule has 3 rings (SSSR count). The third-order valence-electron chi connectivity index (χ3n) is 3.96. The molecule has 0 radical (unpaired) electrons. The van der Waals surface area contributed by atoms with Crippen LogP contribution in [0.25, 0.3) is 0 Å². The van der Waals surface area contributed by atoms with E-state index in [2.05, 4.69) is 22.4 Å². The highest BCUT2D eigenvalue weighted by atomic mass is 19.1. The number of aliphatic hydroxyl groups excluding tert-OH is 1. The largest absolute Gasteiger partial charge is 0.392 e. The average molecular weight is 322 g/mol. The summed E-state index contributed by atoms with van der Waals surface area (Å²) in [7, 11) is 0. The van der Waals surface area contributed by atoms with Crippen molar-refractivity contribution >= 4 is 0 Å². The summed E-state index contributed by atoms with van der Waals surface area (Å²) in [6.45, 7) is 0.265. The minimum atomic E-state index is -0.380. The van der Waals surface area contributed by atoms with Crippen LogP contribution in [0.2, 0.25) is 0 Å². The van der Waals surface area contributed by atoms with E-state index in [4.69, 9.17) is 0 Å². The van der Waals surface area contributed by atoms with Gasteiger partial charge in [0.25, 0.3) is 0 Å². The predicted molar refractivity (Wildman–Crippen MR) is 91.7 cm³/mol. The number of halogens is 1. The maximum atomic E-state index is 13.5. The zero-order valence-electron chi connectivity index (χ0n) is 13.2. The third-order valence-corrected chi connectivity index (χ3v) is 3.96. The van der Waals surface area contributed by atoms with E-state index in [-0.39, 0.29) is 18.5 Å². The van der Waals surface area contributed by atoms with Gasteiger partial charge in [-0.3, -0.25) is 4.98 Å². The number of benzene rings is 2. The van der Waals surface area contributed by atoms with E-state index >= 15 is 0 Å². The lowest BCUT2D eigenvalue weighted by atomic mass is 9.99. The lowest BCUT2D eigenvalue weighted by Gasteiger charge is -2.20. The summed E-state index contributed by atoms with van der Waals surface area (Å²) in [6.07, 6.45) is 3.55. The Kier molecular flexibility index (Phi) is 5.31. The number of aliphatic hydroxyl groups is 1. The van der Waals surface area contributed by atoms with Crippen LogP contribution >= 0.6 is 0 Å². The van der Waals surface area contributed by atoms with Gasteiger partial charge < -0.3 is 10.4 Å². The van der Waals surface area contributed by atoms with Gasteiger partial charge in [-0.05, 0) is 41.0 Å². The Hall–Kier alpha value is -2.56. The molecule has 3 aromatic rings. The molecular weight excluding hydrogens is 303 g/mol. The van der Waals surface area contributed by atoms with Gasteiger partial charge in [-0.15, -0.1) is 0 Å². The molecule has 0 aliphatic rings. The minimum absolute atomic E-state index is 0.0110. The monoisotopic (exact) mass is 322 g/mol. The first-order valence-electron chi connectivity index (χ1n) is 7.84. The fraction of sp³-hybridized carbons (Fsp3) is 0.150. The molecule has 1 heterocycles. The van der Waals surface area contributed by atoms with Gasteiger partial charge in [0.05, 0.1) is 12.6 Å². The lowest BCUT2D eigenvalue weighted by Crippen LogP contribution is -2.22. The van der Waals surface area contributed by atoms with E-state index in [0.29, 0.717) is 12.1 Å². The molecule has 122 valence electrons. The molecule has 24 heavy (non-hydrogen) atoms. The molecule has 4 heteroatoms. The standard InChI is InChI=1S/C20H19FN2O/c21-19-7-6-15(12-18(19)14-24)13-23-20(16-4-2-1-3-5-16)17-8-10-22-11-9-17/h1-12,20,23-24H,13-14H2. The molecule has 0 saturated heterocycles. The quantitative estimate of drug-likeness (QED) is 0.729. The number of hydrogen-bond donors (Lipinski definition) is 2. The first-order valence-corrected chi connectivity index (χ1v) is 7.84. The summed E-state index contributed by atoms with van der Waals surface area (Å²) in [5, 5.41) is 12.7. The second kappa shape index (κ2) is 7.81. The number of rotatable bonds is 6. The Morgan fingerprint density at radius 2 is 1.67 bits per heavy atom. The predicted octanol–water partition coefficient (Wildman–Crippen LogP) is 3.59. The SMILES string of the molecule is OCc1cc(CNC(c2ccccc2)c2ccncc2)ccc1F. The maximum Gasteiger partial charge on any atom is 0.128 e. The van der Waals surface area contributed by atoms with E-state index in [1.165, 1.54) is 6.07 Å². The van der Waals surface area contributed by atoms with Gasteiger partial charge in [0.1, 0.15) is 5.82 Å². The van der Waals surface area contributed by atoms with E-state index in [9.17, 15) is 9.50 Å². The van der Waals surface area contributed by atoms with Crippen molar-refractivity contribution in [1.29, 1.82) is 0 Å². The molecular formula is C20H19FN2O. The lowest BCUT2D eigenvalue weighted by molar-refractivity contribution is 0.275. The van der Waals surface area contributed by atoms with E-state index < -0.39 is 0 Å². The molecule has 0 amide bonds. The van der Waals surface area contributed by atoms with E-state index in [1.54, 1.807) is 24.5 Å². The topological polar surface area (TPSA) is 45.1 Å². The van der Waals surface area contributed by atoms with Gasteiger partial charge in [-0.1, -0.05) is 36.4 Å². The molecule has 0 spiro atoms. The molecule has 2 aromatic carbocycles. The van der Waals surface area contributed by atoms with Crippen molar-refractivity contribution in [3.63, 3.8) is 0 Å². The van der Waals surface area contributed by atoms with Crippen molar-refractivity contribution < 1.29 is 9.50 Å². The molecule has 1 atom stereocenters. The van der Waals surface area contributed by atoms with Gasteiger partial charge in [0.2, 0.25) is 0 Å². The number of nitrogens with one attached hydrogen (secondary N) is 1. The Morgan fingerprint density at radius 1 is 0.958 bits per heavy atom. The Bertz CT molecular complexity index is 739. The van der Waals surface area contributed by atoms with Gasteiger partial charge in [-0.25, -0.2) is 4.39 Å². The van der Waals surface area contributed by atoms with Crippen LogP contribution in [0, 0.1) is 5.82 Å². The zero-order valence-corrected chi connectivity index (χ0v) is 13.2. The first-order chi connectivity index (χ1) is 11.8. The van der Waals surface area contributed by atoms with Crippen LogP contribution in [0.5, 0.6) is 0 Å². The van der Waals surface area contributed by atoms with Crippen molar-refractivity contribution in [1.82, 2.24) is 10.3 Å². The highest BCUT2D eigenvalue weighted by Crippen LogP contribution is 2.22. The summed E-state index contributed by atoms with van der Waals surface area (Å²) in [5.41, 5.74) is 3.50. The maximum absolute atomic E-state index is 13.5. The van der Waals surface area contributed by atoms with Crippen LogP contribution in [0.3, 0.4) is 0 Å². The van der Waals surface area contributed by atoms with Crippen molar-refractivity contribution in [2.24, 2.45) is 0 Å². The summed E-state index contributed by atoms with van der Waals surface area (Å²) >= 11 is 0. The van der Waals surface area contributed by atoms with Crippen molar-refractivity contribution in [3.05, 3.63) is 101 Å². The Morgan fingerprint density at radius 3 is 2.38 bits per heavy atom. The highest BCUT2D eigenvalue weighted by Gasteiger charge is 2.13. The number of hydrogen-bond acceptors (Lipinski definition) is 3. The summed E-state index contributed by atoms with van der Waals surface area (Å²) < 4.78 is 13.5. The zero-order chi connectivity index (χ0) is 16.8. The molecule has 0 saturated carbocycles. The highest BCUT2D eigenvalue weighted by molar-refractivity contribution is 5.31. The summed E-state index contributed by atoms with van der Waals surface area (Å²) in [6, 6.07) is 18.9. The third kappa shape index (κ3) is 3.85. The van der Waals surface area contributed by atoms with Gasteiger partial charge in [-0.2, -0.15) is 0 Å². The number of pyridine rings is 1. The molecule has 0 aliphatic carbocycles. The number of nitrogens with zero attached hydrogens (tertiary/aromatic N) is 1. The molecule has 2 N–H and O–H groups in total. The van der Waals surface area contributed by atoms with Crippen molar-refractivity contribution in [3.8, 4) is 0 Å². The molecule has 0 bridgehead atoms. The van der Waals surface area contributed by atoms with E-state index in [0.717, 1.165) is 16.7 Å². The second-order valence-electron chi connectivity index (χ2n) is 5.59. The molecule has 0 fully saturated rings. The molecule has 0 aliphatic heterocycles. The first kappa shape index (κ1) is 16.3. The van der Waals surface area contributed by atoms with Crippen LogP contribution in [-0.2, 0) is 13.2 Å². The summed E-state index contributed by atoms with van der Waals surface area (Å²) in [4.78, 5) is 4.07. The minimum Gasteiger partial charge on any atom is -0.392 e. The fourth-order valence-corrected chi connectivity index (χ4v) is 2.71. The van der Waals surface area contributed by atoms with Gasteiger partial charge in [0, 0.05) is 24.5 Å². The number of aromatic nitrogens is 1. The molecule has 3 nitrogen and oxygen atoms in total. The average Bonchev–Trinajstić information content (AvgIpc) is 2.65. The Labute approximate surface area is 140 Å². The van der Waals surface area contributed by atoms with Crippen LogP contribution in [-0.4, -0.2) is 10.1 Å².